The highest BCUT2D eigenvalue weighted by molar-refractivity contribution is 5.38. The standard InChI is InChI=1S/C16H22N2O/c1-4-6-10-14-15(5-2)18(17-16(14)19)13-9-7-8-12(3)11-13/h7-9,11H,4-6,10H2,1-3H3,(H,17,19). The molecule has 102 valence electrons. The zero-order chi connectivity index (χ0) is 13.8. The number of rotatable bonds is 5. The Morgan fingerprint density at radius 2 is 2.05 bits per heavy atom. The second-order valence-electron chi connectivity index (χ2n) is 5.00. The molecular formula is C16H22N2O. The highest BCUT2D eigenvalue weighted by Crippen LogP contribution is 2.15. The molecule has 1 heterocycles. The van der Waals surface area contributed by atoms with Crippen LogP contribution in [-0.2, 0) is 12.8 Å². The monoisotopic (exact) mass is 258 g/mol. The Morgan fingerprint density at radius 1 is 1.26 bits per heavy atom. The van der Waals surface area contributed by atoms with Crippen LogP contribution < -0.4 is 5.56 Å². The molecule has 0 saturated heterocycles. The van der Waals surface area contributed by atoms with E-state index in [4.69, 9.17) is 0 Å². The Hall–Kier alpha value is -1.77. The minimum Gasteiger partial charge on any atom is -0.268 e. The van der Waals surface area contributed by atoms with E-state index in [2.05, 4.69) is 38.0 Å². The minimum atomic E-state index is 0.0619. The molecule has 1 aromatic carbocycles. The number of unbranched alkanes of at least 4 members (excludes halogenated alkanes) is 1. The third kappa shape index (κ3) is 2.80. The van der Waals surface area contributed by atoms with Crippen LogP contribution in [0.5, 0.6) is 0 Å². The SMILES string of the molecule is CCCCc1c(CC)n(-c2cccc(C)c2)[nH]c1=O. The summed E-state index contributed by atoms with van der Waals surface area (Å²) in [7, 11) is 0. The summed E-state index contributed by atoms with van der Waals surface area (Å²) in [6.45, 7) is 6.32. The largest absolute Gasteiger partial charge is 0.268 e. The van der Waals surface area contributed by atoms with E-state index in [1.54, 1.807) is 0 Å². The Morgan fingerprint density at radius 3 is 2.68 bits per heavy atom. The Bertz CT molecular complexity index is 607. The van der Waals surface area contributed by atoms with E-state index in [0.717, 1.165) is 42.6 Å². The van der Waals surface area contributed by atoms with Gasteiger partial charge in [-0.15, -0.1) is 0 Å². The summed E-state index contributed by atoms with van der Waals surface area (Å²) in [4.78, 5) is 12.1. The van der Waals surface area contributed by atoms with Crippen molar-refractivity contribution in [1.82, 2.24) is 9.78 Å². The Labute approximate surface area is 114 Å². The fourth-order valence-corrected chi connectivity index (χ4v) is 2.47. The van der Waals surface area contributed by atoms with Crippen LogP contribution in [0.2, 0.25) is 0 Å². The van der Waals surface area contributed by atoms with Crippen molar-refractivity contribution in [3.8, 4) is 5.69 Å². The Kier molecular flexibility index (Phi) is 4.25. The second-order valence-corrected chi connectivity index (χ2v) is 5.00. The molecule has 0 aliphatic rings. The van der Waals surface area contributed by atoms with E-state index >= 15 is 0 Å². The lowest BCUT2D eigenvalue weighted by Crippen LogP contribution is -2.07. The maximum Gasteiger partial charge on any atom is 0.267 e. The average molecular weight is 258 g/mol. The van der Waals surface area contributed by atoms with E-state index in [9.17, 15) is 4.79 Å². The van der Waals surface area contributed by atoms with Crippen molar-refractivity contribution in [2.75, 3.05) is 0 Å². The first-order valence-corrected chi connectivity index (χ1v) is 7.07. The summed E-state index contributed by atoms with van der Waals surface area (Å²) in [6, 6.07) is 8.22. The topological polar surface area (TPSA) is 37.8 Å². The number of benzene rings is 1. The molecule has 1 aromatic heterocycles. The lowest BCUT2D eigenvalue weighted by Gasteiger charge is -2.09. The molecule has 0 aliphatic heterocycles. The van der Waals surface area contributed by atoms with Crippen molar-refractivity contribution in [3.05, 3.63) is 51.4 Å². The molecule has 0 saturated carbocycles. The number of aromatic nitrogens is 2. The smallest absolute Gasteiger partial charge is 0.267 e. The van der Waals surface area contributed by atoms with Crippen molar-refractivity contribution in [2.24, 2.45) is 0 Å². The fourth-order valence-electron chi connectivity index (χ4n) is 2.47. The molecule has 0 amide bonds. The Balaban J connectivity index is 2.49. The van der Waals surface area contributed by atoms with E-state index in [-0.39, 0.29) is 5.56 Å². The van der Waals surface area contributed by atoms with Crippen LogP contribution in [0.25, 0.3) is 5.69 Å². The third-order valence-corrected chi connectivity index (χ3v) is 3.48. The molecule has 0 bridgehead atoms. The molecule has 2 rings (SSSR count). The maximum atomic E-state index is 12.1. The van der Waals surface area contributed by atoms with Crippen LogP contribution in [0.4, 0.5) is 0 Å². The molecular weight excluding hydrogens is 236 g/mol. The van der Waals surface area contributed by atoms with Crippen LogP contribution in [0.15, 0.2) is 29.1 Å². The summed E-state index contributed by atoms with van der Waals surface area (Å²) in [5.74, 6) is 0. The predicted molar refractivity (Wildman–Crippen MR) is 79.1 cm³/mol. The molecule has 2 aromatic rings. The second kappa shape index (κ2) is 5.91. The van der Waals surface area contributed by atoms with E-state index in [0.29, 0.717) is 0 Å². The number of nitrogens with one attached hydrogen (secondary N) is 1. The van der Waals surface area contributed by atoms with Crippen LogP contribution in [0.1, 0.15) is 43.5 Å². The van der Waals surface area contributed by atoms with Gasteiger partial charge in [0.15, 0.2) is 0 Å². The number of hydrogen-bond donors (Lipinski definition) is 1. The first-order chi connectivity index (χ1) is 9.17. The summed E-state index contributed by atoms with van der Waals surface area (Å²) in [5, 5.41) is 2.98. The molecule has 3 nitrogen and oxygen atoms in total. The minimum absolute atomic E-state index is 0.0619. The van der Waals surface area contributed by atoms with Crippen LogP contribution in [0, 0.1) is 6.92 Å². The van der Waals surface area contributed by atoms with Crippen molar-refractivity contribution in [3.63, 3.8) is 0 Å². The highest BCUT2D eigenvalue weighted by atomic mass is 16.1. The molecule has 0 unspecified atom stereocenters. The van der Waals surface area contributed by atoms with Gasteiger partial charge in [-0.2, -0.15) is 0 Å². The van der Waals surface area contributed by atoms with Gasteiger partial charge in [0.25, 0.3) is 5.56 Å². The summed E-state index contributed by atoms with van der Waals surface area (Å²) in [5.41, 5.74) is 4.36. The summed E-state index contributed by atoms with van der Waals surface area (Å²) >= 11 is 0. The molecule has 1 N–H and O–H groups in total. The predicted octanol–water partition coefficient (Wildman–Crippen LogP) is 3.38. The quantitative estimate of drug-likeness (QED) is 0.877. The van der Waals surface area contributed by atoms with Crippen molar-refractivity contribution < 1.29 is 0 Å². The molecule has 0 radical (unpaired) electrons. The van der Waals surface area contributed by atoms with Gasteiger partial charge in [-0.3, -0.25) is 14.6 Å². The molecule has 0 atom stereocenters. The van der Waals surface area contributed by atoms with Crippen LogP contribution >= 0.6 is 0 Å². The first kappa shape index (κ1) is 13.7. The number of aryl methyl sites for hydroxylation is 1. The third-order valence-electron chi connectivity index (χ3n) is 3.48. The summed E-state index contributed by atoms with van der Waals surface area (Å²) in [6.07, 6.45) is 3.91. The van der Waals surface area contributed by atoms with Gasteiger partial charge in [-0.05, 0) is 43.9 Å². The van der Waals surface area contributed by atoms with E-state index in [1.165, 1.54) is 5.56 Å². The number of hydrogen-bond acceptors (Lipinski definition) is 1. The van der Waals surface area contributed by atoms with Gasteiger partial charge in [-0.1, -0.05) is 32.4 Å². The van der Waals surface area contributed by atoms with Gasteiger partial charge in [0.05, 0.1) is 5.69 Å². The molecule has 0 fully saturated rings. The molecule has 0 spiro atoms. The highest BCUT2D eigenvalue weighted by Gasteiger charge is 2.13. The lowest BCUT2D eigenvalue weighted by atomic mass is 10.1. The fraction of sp³-hybridized carbons (Fsp3) is 0.438. The van der Waals surface area contributed by atoms with E-state index in [1.807, 2.05) is 16.8 Å². The van der Waals surface area contributed by atoms with Gasteiger partial charge in [0.1, 0.15) is 0 Å². The van der Waals surface area contributed by atoms with Crippen molar-refractivity contribution in [2.45, 2.75) is 46.5 Å². The summed E-state index contributed by atoms with van der Waals surface area (Å²) < 4.78 is 1.94. The van der Waals surface area contributed by atoms with Crippen LogP contribution in [-0.4, -0.2) is 9.78 Å². The van der Waals surface area contributed by atoms with Crippen molar-refractivity contribution >= 4 is 0 Å². The zero-order valence-corrected chi connectivity index (χ0v) is 12.0. The van der Waals surface area contributed by atoms with E-state index < -0.39 is 0 Å². The number of nitrogens with zero attached hydrogens (tertiary/aromatic N) is 1. The lowest BCUT2D eigenvalue weighted by molar-refractivity contribution is 0.772. The number of H-pyrrole nitrogens is 1. The normalized spacial score (nSPS) is 10.9. The van der Waals surface area contributed by atoms with Gasteiger partial charge < -0.3 is 0 Å². The maximum absolute atomic E-state index is 12.1. The van der Waals surface area contributed by atoms with Gasteiger partial charge in [-0.25, -0.2) is 0 Å². The zero-order valence-electron chi connectivity index (χ0n) is 12.0. The van der Waals surface area contributed by atoms with Crippen LogP contribution in [0.3, 0.4) is 0 Å². The molecule has 0 aliphatic carbocycles. The average Bonchev–Trinajstić information content (AvgIpc) is 2.72. The van der Waals surface area contributed by atoms with Crippen molar-refractivity contribution in [1.29, 1.82) is 0 Å². The van der Waals surface area contributed by atoms with Gasteiger partial charge in [0.2, 0.25) is 0 Å². The molecule has 19 heavy (non-hydrogen) atoms. The van der Waals surface area contributed by atoms with Gasteiger partial charge in [0, 0.05) is 11.3 Å². The number of aromatic amines is 1. The first-order valence-electron chi connectivity index (χ1n) is 7.07. The van der Waals surface area contributed by atoms with Gasteiger partial charge >= 0.3 is 0 Å². The molecule has 3 heteroatoms.